The van der Waals surface area contributed by atoms with E-state index in [2.05, 4.69) is 5.32 Å². The fraction of sp³-hybridized carbons (Fsp3) is 0.412. The first kappa shape index (κ1) is 14.8. The van der Waals surface area contributed by atoms with Crippen LogP contribution in [0, 0.1) is 5.82 Å². The number of amides is 2. The van der Waals surface area contributed by atoms with Gasteiger partial charge in [-0.05, 0) is 37.0 Å². The van der Waals surface area contributed by atoms with E-state index in [-0.39, 0.29) is 30.0 Å². The average molecular weight is 302 g/mol. The van der Waals surface area contributed by atoms with Crippen LogP contribution in [0.5, 0.6) is 0 Å². The molecular formula is C17H19FN2O2. The van der Waals surface area contributed by atoms with E-state index in [4.69, 9.17) is 0 Å². The summed E-state index contributed by atoms with van der Waals surface area (Å²) in [6.07, 6.45) is 4.04. The lowest BCUT2D eigenvalue weighted by Crippen LogP contribution is -2.33. The Balaban J connectivity index is 1.76. The summed E-state index contributed by atoms with van der Waals surface area (Å²) in [6, 6.07) is 6.18. The number of para-hydroxylation sites is 1. The molecule has 116 valence electrons. The third-order valence-electron chi connectivity index (χ3n) is 4.49. The second-order valence-corrected chi connectivity index (χ2v) is 5.89. The van der Waals surface area contributed by atoms with Crippen molar-refractivity contribution in [2.45, 2.75) is 38.1 Å². The van der Waals surface area contributed by atoms with E-state index in [1.807, 2.05) is 0 Å². The number of hydrogen-bond donors (Lipinski definition) is 1. The second kappa shape index (κ2) is 5.91. The number of halogens is 1. The van der Waals surface area contributed by atoms with Gasteiger partial charge < -0.3 is 10.2 Å². The number of nitrogens with zero attached hydrogens (tertiary/aromatic N) is 1. The van der Waals surface area contributed by atoms with Crippen LogP contribution in [-0.2, 0) is 9.59 Å². The van der Waals surface area contributed by atoms with Gasteiger partial charge in [0, 0.05) is 12.6 Å². The summed E-state index contributed by atoms with van der Waals surface area (Å²) >= 11 is 0. The topological polar surface area (TPSA) is 49.4 Å². The Bertz CT molecular complexity index is 654. The molecule has 1 aromatic carbocycles. The smallest absolute Gasteiger partial charge is 0.250 e. The molecule has 2 amide bonds. The first-order valence-electron chi connectivity index (χ1n) is 7.61. The molecule has 1 aliphatic carbocycles. The summed E-state index contributed by atoms with van der Waals surface area (Å²) in [4.78, 5) is 26.2. The molecule has 0 bridgehead atoms. The first-order valence-corrected chi connectivity index (χ1v) is 7.61. The van der Waals surface area contributed by atoms with Crippen LogP contribution in [0.15, 0.2) is 35.4 Å². The number of carbonyl (C=O) groups excluding carboxylic acids is 2. The van der Waals surface area contributed by atoms with Gasteiger partial charge in [0.05, 0.1) is 18.2 Å². The normalized spacial score (nSPS) is 21.1. The monoisotopic (exact) mass is 302 g/mol. The Hall–Kier alpha value is -2.17. The van der Waals surface area contributed by atoms with E-state index in [0.29, 0.717) is 5.57 Å². The molecule has 1 heterocycles. The molecule has 0 radical (unpaired) electrons. The van der Waals surface area contributed by atoms with Crippen molar-refractivity contribution in [3.05, 3.63) is 41.2 Å². The molecule has 1 atom stereocenters. The summed E-state index contributed by atoms with van der Waals surface area (Å²) in [6.45, 7) is 0. The lowest BCUT2D eigenvalue weighted by atomic mass is 9.88. The molecule has 2 aliphatic rings. The summed E-state index contributed by atoms with van der Waals surface area (Å²) in [7, 11) is 1.79. The van der Waals surface area contributed by atoms with Crippen LogP contribution in [0.1, 0.15) is 32.1 Å². The quantitative estimate of drug-likeness (QED) is 0.933. The number of anilines is 1. The van der Waals surface area contributed by atoms with Gasteiger partial charge in [-0.25, -0.2) is 4.39 Å². The molecule has 4 nitrogen and oxygen atoms in total. The SMILES string of the molecule is CN1C(=O)C(CC(=O)Nc2ccccc2F)=C2CCCCC21. The minimum Gasteiger partial charge on any atom is -0.335 e. The van der Waals surface area contributed by atoms with Gasteiger partial charge in [-0.2, -0.15) is 0 Å². The van der Waals surface area contributed by atoms with Crippen LogP contribution in [-0.4, -0.2) is 29.8 Å². The highest BCUT2D eigenvalue weighted by atomic mass is 19.1. The van der Waals surface area contributed by atoms with Gasteiger partial charge >= 0.3 is 0 Å². The molecule has 1 aliphatic heterocycles. The highest BCUT2D eigenvalue weighted by Gasteiger charge is 2.38. The fourth-order valence-electron chi connectivity index (χ4n) is 3.37. The Labute approximate surface area is 129 Å². The van der Waals surface area contributed by atoms with E-state index in [1.54, 1.807) is 24.1 Å². The van der Waals surface area contributed by atoms with Gasteiger partial charge in [-0.1, -0.05) is 18.6 Å². The minimum absolute atomic E-state index is 0.0172. The predicted octanol–water partition coefficient (Wildman–Crippen LogP) is 2.87. The molecule has 1 saturated carbocycles. The van der Waals surface area contributed by atoms with Crippen molar-refractivity contribution in [2.75, 3.05) is 12.4 Å². The predicted molar refractivity (Wildman–Crippen MR) is 81.7 cm³/mol. The van der Waals surface area contributed by atoms with Gasteiger partial charge in [-0.3, -0.25) is 9.59 Å². The lowest BCUT2D eigenvalue weighted by molar-refractivity contribution is -0.127. The summed E-state index contributed by atoms with van der Waals surface area (Å²) in [5.41, 5.74) is 1.85. The summed E-state index contributed by atoms with van der Waals surface area (Å²) in [5.74, 6) is -0.884. The van der Waals surface area contributed by atoms with Crippen molar-refractivity contribution in [3.63, 3.8) is 0 Å². The number of likely N-dealkylation sites (N-methyl/N-ethyl adjacent to an activating group) is 1. The number of rotatable bonds is 3. The van der Waals surface area contributed by atoms with Crippen molar-refractivity contribution in [3.8, 4) is 0 Å². The van der Waals surface area contributed by atoms with Gasteiger partial charge in [-0.15, -0.1) is 0 Å². The molecule has 1 unspecified atom stereocenters. The highest BCUT2D eigenvalue weighted by molar-refractivity contribution is 6.04. The van der Waals surface area contributed by atoms with Crippen molar-refractivity contribution < 1.29 is 14.0 Å². The van der Waals surface area contributed by atoms with Crippen molar-refractivity contribution in [1.82, 2.24) is 4.90 Å². The van der Waals surface area contributed by atoms with E-state index in [9.17, 15) is 14.0 Å². The van der Waals surface area contributed by atoms with E-state index in [1.165, 1.54) is 12.1 Å². The Kier molecular flexibility index (Phi) is 3.96. The van der Waals surface area contributed by atoms with Gasteiger partial charge in [0.1, 0.15) is 5.82 Å². The number of benzene rings is 1. The zero-order valence-electron chi connectivity index (χ0n) is 12.6. The van der Waals surface area contributed by atoms with Crippen molar-refractivity contribution in [1.29, 1.82) is 0 Å². The zero-order valence-corrected chi connectivity index (χ0v) is 12.6. The fourth-order valence-corrected chi connectivity index (χ4v) is 3.37. The second-order valence-electron chi connectivity index (χ2n) is 5.89. The average Bonchev–Trinajstić information content (AvgIpc) is 2.75. The van der Waals surface area contributed by atoms with E-state index >= 15 is 0 Å². The van der Waals surface area contributed by atoms with Gasteiger partial charge in [0.2, 0.25) is 5.91 Å². The number of nitrogens with one attached hydrogen (secondary N) is 1. The molecule has 3 rings (SSSR count). The van der Waals surface area contributed by atoms with Crippen LogP contribution in [0.25, 0.3) is 0 Å². The molecule has 1 fully saturated rings. The molecule has 1 N–H and O–H groups in total. The summed E-state index contributed by atoms with van der Waals surface area (Å²) in [5, 5.41) is 2.55. The van der Waals surface area contributed by atoms with Crippen molar-refractivity contribution in [2.24, 2.45) is 0 Å². The molecule has 22 heavy (non-hydrogen) atoms. The van der Waals surface area contributed by atoms with E-state index in [0.717, 1.165) is 31.3 Å². The number of hydrogen-bond acceptors (Lipinski definition) is 2. The standard InChI is InChI=1S/C17H19FN2O2/c1-20-15-9-5-2-6-11(15)12(17(20)22)10-16(21)19-14-8-4-3-7-13(14)18/h3-4,7-8,15H,2,5-6,9-10H2,1H3,(H,19,21). The maximum atomic E-state index is 13.6. The van der Waals surface area contributed by atoms with Crippen LogP contribution in [0.2, 0.25) is 0 Å². The van der Waals surface area contributed by atoms with E-state index < -0.39 is 5.82 Å². The largest absolute Gasteiger partial charge is 0.335 e. The van der Waals surface area contributed by atoms with Crippen LogP contribution >= 0.6 is 0 Å². The Morgan fingerprint density at radius 1 is 1.36 bits per heavy atom. The van der Waals surface area contributed by atoms with Crippen LogP contribution in [0.4, 0.5) is 10.1 Å². The third kappa shape index (κ3) is 2.63. The zero-order chi connectivity index (χ0) is 15.7. The van der Waals surface area contributed by atoms with Crippen LogP contribution < -0.4 is 5.32 Å². The molecule has 0 aromatic heterocycles. The Morgan fingerprint density at radius 2 is 2.14 bits per heavy atom. The number of fused-ring (bicyclic) bond motifs is 1. The third-order valence-corrected chi connectivity index (χ3v) is 4.49. The Morgan fingerprint density at radius 3 is 2.91 bits per heavy atom. The summed E-state index contributed by atoms with van der Waals surface area (Å²) < 4.78 is 13.6. The molecule has 0 spiro atoms. The molecular weight excluding hydrogens is 283 g/mol. The maximum absolute atomic E-state index is 13.6. The molecule has 0 saturated heterocycles. The van der Waals surface area contributed by atoms with Crippen molar-refractivity contribution >= 4 is 17.5 Å². The molecule has 5 heteroatoms. The maximum Gasteiger partial charge on any atom is 0.250 e. The first-order chi connectivity index (χ1) is 10.6. The van der Waals surface area contributed by atoms with Gasteiger partial charge in [0.25, 0.3) is 5.91 Å². The van der Waals surface area contributed by atoms with Gasteiger partial charge in [0.15, 0.2) is 0 Å². The highest BCUT2D eigenvalue weighted by Crippen LogP contribution is 2.37. The number of carbonyl (C=O) groups is 2. The van der Waals surface area contributed by atoms with Crippen LogP contribution in [0.3, 0.4) is 0 Å². The minimum atomic E-state index is -0.473. The molecule has 1 aromatic rings. The lowest BCUT2D eigenvalue weighted by Gasteiger charge is -2.26.